The lowest BCUT2D eigenvalue weighted by atomic mass is 10.1. The maximum Gasteiger partial charge on any atom is 0.217 e. The van der Waals surface area contributed by atoms with Crippen LogP contribution in [0.5, 0.6) is 0 Å². The Bertz CT molecular complexity index is 554. The van der Waals surface area contributed by atoms with Gasteiger partial charge in [0.2, 0.25) is 10.0 Å². The van der Waals surface area contributed by atoms with Gasteiger partial charge in [0, 0.05) is 19.7 Å². The zero-order valence-electron chi connectivity index (χ0n) is 12.7. The third kappa shape index (κ3) is 4.78. The molecule has 1 fully saturated rings. The summed E-state index contributed by atoms with van der Waals surface area (Å²) in [5.74, 6) is 0. The molecule has 1 N–H and O–H groups in total. The summed E-state index contributed by atoms with van der Waals surface area (Å²) >= 11 is 0. The Morgan fingerprint density at radius 2 is 2.14 bits per heavy atom. The second-order valence-corrected chi connectivity index (χ2v) is 7.55. The van der Waals surface area contributed by atoms with Crippen LogP contribution in [0.4, 0.5) is 0 Å². The van der Waals surface area contributed by atoms with Crippen molar-refractivity contribution in [3.05, 3.63) is 35.4 Å². The van der Waals surface area contributed by atoms with Gasteiger partial charge in [0.25, 0.3) is 0 Å². The molecule has 5 nitrogen and oxygen atoms in total. The maximum atomic E-state index is 12.1. The van der Waals surface area contributed by atoms with E-state index in [-0.39, 0.29) is 0 Å². The molecule has 21 heavy (non-hydrogen) atoms. The van der Waals surface area contributed by atoms with Crippen LogP contribution in [0, 0.1) is 0 Å². The Labute approximate surface area is 127 Å². The average Bonchev–Trinajstić information content (AvgIpc) is 3.00. The fourth-order valence-corrected chi connectivity index (χ4v) is 3.61. The standard InChI is InChI=1S/C15H24N2O3S/c1-3-17(2)11-14-6-4-5-13(9-14)10-16-21(18,19)15-7-8-20-12-15/h4-6,9,15-16H,3,7-8,10-12H2,1-2H3/t15-/m0/s1. The molecule has 1 aliphatic heterocycles. The lowest BCUT2D eigenvalue weighted by molar-refractivity contribution is 0.198. The van der Waals surface area contributed by atoms with Gasteiger partial charge in [-0.25, -0.2) is 13.1 Å². The van der Waals surface area contributed by atoms with Crippen molar-refractivity contribution in [1.29, 1.82) is 0 Å². The molecule has 1 heterocycles. The topological polar surface area (TPSA) is 58.6 Å². The van der Waals surface area contributed by atoms with Gasteiger partial charge in [-0.1, -0.05) is 31.2 Å². The predicted octanol–water partition coefficient (Wildman–Crippen LogP) is 1.35. The number of sulfonamides is 1. The summed E-state index contributed by atoms with van der Waals surface area (Å²) in [4.78, 5) is 2.21. The molecule has 0 unspecified atom stereocenters. The molecule has 1 saturated heterocycles. The van der Waals surface area contributed by atoms with Gasteiger partial charge in [0.05, 0.1) is 6.61 Å². The second-order valence-electron chi connectivity index (χ2n) is 5.50. The summed E-state index contributed by atoms with van der Waals surface area (Å²) in [5.41, 5.74) is 2.18. The van der Waals surface area contributed by atoms with Gasteiger partial charge in [-0.2, -0.15) is 0 Å². The summed E-state index contributed by atoms with van der Waals surface area (Å²) in [7, 11) is -1.22. The monoisotopic (exact) mass is 312 g/mol. The van der Waals surface area contributed by atoms with E-state index in [0.717, 1.165) is 18.7 Å². The molecule has 0 spiro atoms. The van der Waals surface area contributed by atoms with Crippen LogP contribution >= 0.6 is 0 Å². The van der Waals surface area contributed by atoms with Crippen LogP contribution in [-0.2, 0) is 27.8 Å². The predicted molar refractivity (Wildman–Crippen MR) is 83.4 cm³/mol. The SMILES string of the molecule is CCN(C)Cc1cccc(CNS(=O)(=O)[C@H]2CCOC2)c1. The molecule has 1 aliphatic rings. The van der Waals surface area contributed by atoms with Gasteiger partial charge in [-0.15, -0.1) is 0 Å². The van der Waals surface area contributed by atoms with Crippen LogP contribution in [0.25, 0.3) is 0 Å². The molecule has 1 aromatic carbocycles. The van der Waals surface area contributed by atoms with Gasteiger partial charge in [0.15, 0.2) is 0 Å². The quantitative estimate of drug-likeness (QED) is 0.825. The van der Waals surface area contributed by atoms with Gasteiger partial charge < -0.3 is 9.64 Å². The van der Waals surface area contributed by atoms with E-state index in [4.69, 9.17) is 4.74 Å². The molecule has 0 amide bonds. The lowest BCUT2D eigenvalue weighted by Crippen LogP contribution is -2.34. The zero-order chi connectivity index (χ0) is 15.3. The normalized spacial score (nSPS) is 19.3. The summed E-state index contributed by atoms with van der Waals surface area (Å²) in [6, 6.07) is 8.04. The van der Waals surface area contributed by atoms with Gasteiger partial charge in [-0.05, 0) is 31.1 Å². The van der Waals surface area contributed by atoms with Crippen LogP contribution in [-0.4, -0.2) is 45.4 Å². The van der Waals surface area contributed by atoms with Crippen LogP contribution in [0.15, 0.2) is 24.3 Å². The first-order valence-corrected chi connectivity index (χ1v) is 8.88. The fourth-order valence-electron chi connectivity index (χ4n) is 2.32. The molecule has 118 valence electrons. The van der Waals surface area contributed by atoms with E-state index in [1.165, 1.54) is 5.56 Å². The Hall–Kier alpha value is -0.950. The highest BCUT2D eigenvalue weighted by Gasteiger charge is 2.29. The zero-order valence-corrected chi connectivity index (χ0v) is 13.5. The number of hydrogen-bond donors (Lipinski definition) is 1. The smallest absolute Gasteiger partial charge is 0.217 e. The first-order valence-electron chi connectivity index (χ1n) is 7.34. The van der Waals surface area contributed by atoms with Crippen molar-refractivity contribution in [2.24, 2.45) is 0 Å². The van der Waals surface area contributed by atoms with E-state index in [9.17, 15) is 8.42 Å². The molecule has 0 aromatic heterocycles. The minimum atomic E-state index is -3.28. The minimum Gasteiger partial charge on any atom is -0.380 e. The summed E-state index contributed by atoms with van der Waals surface area (Å²) < 4.78 is 32.1. The number of benzene rings is 1. The minimum absolute atomic E-state index is 0.302. The third-order valence-corrected chi connectivity index (χ3v) is 5.58. The van der Waals surface area contributed by atoms with Crippen molar-refractivity contribution in [1.82, 2.24) is 9.62 Å². The third-order valence-electron chi connectivity index (χ3n) is 3.79. The molecular formula is C15H24N2O3S. The highest BCUT2D eigenvalue weighted by molar-refractivity contribution is 7.90. The molecular weight excluding hydrogens is 288 g/mol. The van der Waals surface area contributed by atoms with Crippen molar-refractivity contribution >= 4 is 10.0 Å². The molecule has 0 bridgehead atoms. The Kier molecular flexibility index (Phi) is 5.75. The fraction of sp³-hybridized carbons (Fsp3) is 0.600. The average molecular weight is 312 g/mol. The molecule has 0 aliphatic carbocycles. The van der Waals surface area contributed by atoms with Gasteiger partial charge >= 0.3 is 0 Å². The molecule has 1 atom stereocenters. The largest absolute Gasteiger partial charge is 0.380 e. The molecule has 2 rings (SSSR count). The van der Waals surface area contributed by atoms with Crippen molar-refractivity contribution in [2.75, 3.05) is 26.8 Å². The highest BCUT2D eigenvalue weighted by Crippen LogP contribution is 2.14. The maximum absolute atomic E-state index is 12.1. The van der Waals surface area contributed by atoms with E-state index in [1.807, 2.05) is 12.1 Å². The first-order chi connectivity index (χ1) is 10.0. The number of ether oxygens (including phenoxy) is 1. The van der Waals surface area contributed by atoms with Crippen LogP contribution in [0.3, 0.4) is 0 Å². The first kappa shape index (κ1) is 16.4. The van der Waals surface area contributed by atoms with E-state index >= 15 is 0 Å². The van der Waals surface area contributed by atoms with E-state index in [0.29, 0.717) is 26.2 Å². The van der Waals surface area contributed by atoms with Crippen molar-refractivity contribution in [2.45, 2.75) is 31.7 Å². The van der Waals surface area contributed by atoms with E-state index in [1.54, 1.807) is 0 Å². The van der Waals surface area contributed by atoms with Gasteiger partial charge in [-0.3, -0.25) is 0 Å². The number of nitrogens with one attached hydrogen (secondary N) is 1. The molecule has 6 heteroatoms. The highest BCUT2D eigenvalue weighted by atomic mass is 32.2. The second kappa shape index (κ2) is 7.35. The summed E-state index contributed by atoms with van der Waals surface area (Å²) in [6.07, 6.45) is 0.580. The molecule has 1 aromatic rings. The Morgan fingerprint density at radius 1 is 1.38 bits per heavy atom. The van der Waals surface area contributed by atoms with Crippen molar-refractivity contribution in [3.8, 4) is 0 Å². The van der Waals surface area contributed by atoms with E-state index < -0.39 is 15.3 Å². The number of nitrogens with zero attached hydrogens (tertiary/aromatic N) is 1. The van der Waals surface area contributed by atoms with Crippen molar-refractivity contribution in [3.63, 3.8) is 0 Å². The molecule has 0 saturated carbocycles. The van der Waals surface area contributed by atoms with Crippen molar-refractivity contribution < 1.29 is 13.2 Å². The number of rotatable bonds is 7. The van der Waals surface area contributed by atoms with Crippen LogP contribution < -0.4 is 4.72 Å². The lowest BCUT2D eigenvalue weighted by Gasteiger charge is -2.15. The van der Waals surface area contributed by atoms with Crippen LogP contribution in [0.1, 0.15) is 24.5 Å². The summed E-state index contributed by atoms with van der Waals surface area (Å²) in [5, 5.41) is -0.410. The Balaban J connectivity index is 1.95. The Morgan fingerprint density at radius 3 is 2.81 bits per heavy atom. The van der Waals surface area contributed by atoms with Gasteiger partial charge in [0.1, 0.15) is 5.25 Å². The molecule has 0 radical (unpaired) electrons. The summed E-state index contributed by atoms with van der Waals surface area (Å²) in [6.45, 7) is 5.14. The van der Waals surface area contributed by atoms with Crippen LogP contribution in [0.2, 0.25) is 0 Å². The van der Waals surface area contributed by atoms with E-state index in [2.05, 4.69) is 35.7 Å². The number of hydrogen-bond acceptors (Lipinski definition) is 4.